The Morgan fingerprint density at radius 1 is 1.40 bits per heavy atom. The van der Waals surface area contributed by atoms with Crippen LogP contribution in [0.25, 0.3) is 0 Å². The molecular formula is C15H22N2O3. The van der Waals surface area contributed by atoms with Crippen LogP contribution in [0.15, 0.2) is 18.2 Å². The van der Waals surface area contributed by atoms with Gasteiger partial charge in [0.2, 0.25) is 5.91 Å². The third-order valence-electron chi connectivity index (χ3n) is 3.80. The van der Waals surface area contributed by atoms with Gasteiger partial charge in [-0.25, -0.2) is 0 Å². The maximum absolute atomic E-state index is 12.2. The molecule has 110 valence electrons. The Morgan fingerprint density at radius 3 is 2.80 bits per heavy atom. The Labute approximate surface area is 119 Å². The van der Waals surface area contributed by atoms with Crippen LogP contribution in [0.5, 0.6) is 11.5 Å². The fourth-order valence-corrected chi connectivity index (χ4v) is 2.55. The maximum atomic E-state index is 12.2. The van der Waals surface area contributed by atoms with Crippen LogP contribution in [0.4, 0.5) is 0 Å². The lowest BCUT2D eigenvalue weighted by Gasteiger charge is -2.16. The smallest absolute Gasteiger partial charge is 0.224 e. The summed E-state index contributed by atoms with van der Waals surface area (Å²) in [6.45, 7) is 3.40. The minimum absolute atomic E-state index is 0.0478. The molecule has 1 aromatic rings. The van der Waals surface area contributed by atoms with Gasteiger partial charge in [-0.15, -0.1) is 0 Å². The molecule has 0 spiro atoms. The number of rotatable bonds is 5. The molecule has 0 aromatic heterocycles. The summed E-state index contributed by atoms with van der Waals surface area (Å²) in [5.74, 6) is 1.65. The quantitative estimate of drug-likeness (QED) is 0.853. The summed E-state index contributed by atoms with van der Waals surface area (Å²) < 4.78 is 10.5. The molecule has 1 fully saturated rings. The Balaban J connectivity index is 2.00. The highest BCUT2D eigenvalue weighted by molar-refractivity contribution is 5.79. The first-order valence-corrected chi connectivity index (χ1v) is 6.87. The van der Waals surface area contributed by atoms with E-state index in [4.69, 9.17) is 9.47 Å². The number of hydrogen-bond acceptors (Lipinski definition) is 4. The van der Waals surface area contributed by atoms with E-state index in [-0.39, 0.29) is 17.9 Å². The van der Waals surface area contributed by atoms with Crippen molar-refractivity contribution in [1.29, 1.82) is 0 Å². The van der Waals surface area contributed by atoms with Crippen LogP contribution in [0.1, 0.15) is 18.9 Å². The van der Waals surface area contributed by atoms with Crippen LogP contribution in [0.2, 0.25) is 0 Å². The van der Waals surface area contributed by atoms with Gasteiger partial charge in [0.15, 0.2) is 0 Å². The fraction of sp³-hybridized carbons (Fsp3) is 0.533. The monoisotopic (exact) mass is 278 g/mol. The van der Waals surface area contributed by atoms with Crippen molar-refractivity contribution in [2.45, 2.75) is 25.9 Å². The zero-order chi connectivity index (χ0) is 14.5. The molecule has 5 heteroatoms. The van der Waals surface area contributed by atoms with Crippen molar-refractivity contribution in [1.82, 2.24) is 10.6 Å². The van der Waals surface area contributed by atoms with Crippen molar-refractivity contribution in [3.63, 3.8) is 0 Å². The average molecular weight is 278 g/mol. The first-order chi connectivity index (χ1) is 9.65. The Hall–Kier alpha value is -1.75. The molecule has 0 bridgehead atoms. The van der Waals surface area contributed by atoms with E-state index in [0.717, 1.165) is 30.0 Å². The largest absolute Gasteiger partial charge is 0.497 e. The predicted octanol–water partition coefficient (Wildman–Crippen LogP) is 1.32. The Morgan fingerprint density at radius 2 is 2.20 bits per heavy atom. The van der Waals surface area contributed by atoms with Crippen molar-refractivity contribution in [2.75, 3.05) is 20.8 Å². The van der Waals surface area contributed by atoms with E-state index in [0.29, 0.717) is 6.54 Å². The number of hydrogen-bond donors (Lipinski definition) is 2. The lowest BCUT2D eigenvalue weighted by atomic mass is 10.0. The second-order valence-corrected chi connectivity index (χ2v) is 5.03. The second-order valence-electron chi connectivity index (χ2n) is 5.03. The van der Waals surface area contributed by atoms with E-state index in [1.54, 1.807) is 14.2 Å². The highest BCUT2D eigenvalue weighted by Crippen LogP contribution is 2.24. The number of benzene rings is 1. The highest BCUT2D eigenvalue weighted by atomic mass is 16.5. The third-order valence-corrected chi connectivity index (χ3v) is 3.80. The van der Waals surface area contributed by atoms with Crippen LogP contribution in [0.3, 0.4) is 0 Å². The van der Waals surface area contributed by atoms with E-state index >= 15 is 0 Å². The van der Waals surface area contributed by atoms with Crippen LogP contribution in [0, 0.1) is 5.92 Å². The standard InChI is InChI=1S/C15H22N2O3/c1-10-13(6-7-16-10)15(18)17-9-11-8-12(19-2)4-5-14(11)20-3/h4-5,8,10,13,16H,6-7,9H2,1-3H3,(H,17,18). The van der Waals surface area contributed by atoms with Crippen molar-refractivity contribution in [3.8, 4) is 11.5 Å². The van der Waals surface area contributed by atoms with Crippen LogP contribution >= 0.6 is 0 Å². The predicted molar refractivity (Wildman–Crippen MR) is 77.0 cm³/mol. The zero-order valence-electron chi connectivity index (χ0n) is 12.2. The lowest BCUT2D eigenvalue weighted by Crippen LogP contribution is -2.36. The average Bonchev–Trinajstić information content (AvgIpc) is 2.90. The number of methoxy groups -OCH3 is 2. The van der Waals surface area contributed by atoms with E-state index in [1.165, 1.54) is 0 Å². The van der Waals surface area contributed by atoms with Crippen molar-refractivity contribution < 1.29 is 14.3 Å². The molecule has 0 aliphatic carbocycles. The SMILES string of the molecule is COc1ccc(OC)c(CNC(=O)C2CCNC2C)c1. The summed E-state index contributed by atoms with van der Waals surface area (Å²) in [6.07, 6.45) is 0.891. The molecule has 0 saturated carbocycles. The number of amides is 1. The Kier molecular flexibility index (Phi) is 4.84. The first-order valence-electron chi connectivity index (χ1n) is 6.87. The molecule has 1 aliphatic heterocycles. The molecular weight excluding hydrogens is 256 g/mol. The highest BCUT2D eigenvalue weighted by Gasteiger charge is 2.29. The zero-order valence-corrected chi connectivity index (χ0v) is 12.2. The summed E-state index contributed by atoms with van der Waals surface area (Å²) in [6, 6.07) is 5.81. The molecule has 2 unspecified atom stereocenters. The van der Waals surface area contributed by atoms with Gasteiger partial charge in [-0.1, -0.05) is 0 Å². The summed E-state index contributed by atoms with van der Waals surface area (Å²) in [5.41, 5.74) is 0.916. The van der Waals surface area contributed by atoms with Gasteiger partial charge in [-0.3, -0.25) is 4.79 Å². The van der Waals surface area contributed by atoms with Crippen LogP contribution < -0.4 is 20.1 Å². The molecule has 1 aliphatic rings. The van der Waals surface area contributed by atoms with Crippen molar-refractivity contribution in [3.05, 3.63) is 23.8 Å². The molecule has 1 aromatic carbocycles. The van der Waals surface area contributed by atoms with E-state index in [9.17, 15) is 4.79 Å². The number of carbonyl (C=O) groups excluding carboxylic acids is 1. The molecule has 2 atom stereocenters. The van der Waals surface area contributed by atoms with Gasteiger partial charge in [0.05, 0.1) is 20.1 Å². The Bertz CT molecular complexity index is 476. The van der Waals surface area contributed by atoms with Gasteiger partial charge >= 0.3 is 0 Å². The van der Waals surface area contributed by atoms with Crippen LogP contribution in [-0.4, -0.2) is 32.7 Å². The van der Waals surface area contributed by atoms with E-state index < -0.39 is 0 Å². The maximum Gasteiger partial charge on any atom is 0.224 e. The lowest BCUT2D eigenvalue weighted by molar-refractivity contribution is -0.125. The molecule has 20 heavy (non-hydrogen) atoms. The second kappa shape index (κ2) is 6.61. The normalized spacial score (nSPS) is 21.6. The fourth-order valence-electron chi connectivity index (χ4n) is 2.55. The van der Waals surface area contributed by atoms with Crippen LogP contribution in [-0.2, 0) is 11.3 Å². The molecule has 5 nitrogen and oxygen atoms in total. The first kappa shape index (κ1) is 14.7. The van der Waals surface area contributed by atoms with Crippen molar-refractivity contribution >= 4 is 5.91 Å². The molecule has 1 amide bonds. The minimum atomic E-state index is 0.0478. The summed E-state index contributed by atoms with van der Waals surface area (Å²) in [7, 11) is 3.24. The minimum Gasteiger partial charge on any atom is -0.497 e. The van der Waals surface area contributed by atoms with Gasteiger partial charge in [0, 0.05) is 18.2 Å². The molecule has 2 N–H and O–H groups in total. The number of carbonyl (C=O) groups is 1. The third kappa shape index (κ3) is 3.22. The van der Waals surface area contributed by atoms with Gasteiger partial charge < -0.3 is 20.1 Å². The molecule has 1 heterocycles. The number of ether oxygens (including phenoxy) is 2. The summed E-state index contributed by atoms with van der Waals surface area (Å²) in [4.78, 5) is 12.2. The summed E-state index contributed by atoms with van der Waals surface area (Å²) in [5, 5.41) is 6.27. The summed E-state index contributed by atoms with van der Waals surface area (Å²) >= 11 is 0. The van der Waals surface area contributed by atoms with Gasteiger partial charge in [-0.2, -0.15) is 0 Å². The van der Waals surface area contributed by atoms with E-state index in [1.807, 2.05) is 25.1 Å². The van der Waals surface area contributed by atoms with Gasteiger partial charge in [-0.05, 0) is 38.1 Å². The number of nitrogens with one attached hydrogen (secondary N) is 2. The van der Waals surface area contributed by atoms with Crippen molar-refractivity contribution in [2.24, 2.45) is 5.92 Å². The molecule has 0 radical (unpaired) electrons. The van der Waals surface area contributed by atoms with Gasteiger partial charge in [0.1, 0.15) is 11.5 Å². The van der Waals surface area contributed by atoms with Gasteiger partial charge in [0.25, 0.3) is 0 Å². The topological polar surface area (TPSA) is 59.6 Å². The van der Waals surface area contributed by atoms with E-state index in [2.05, 4.69) is 10.6 Å². The molecule has 1 saturated heterocycles. The molecule has 2 rings (SSSR count).